The van der Waals surface area contributed by atoms with Crippen molar-refractivity contribution in [2.45, 2.75) is 38.1 Å². The van der Waals surface area contributed by atoms with Crippen LogP contribution in [0.2, 0.25) is 0 Å². The minimum atomic E-state index is 0.223. The molecule has 4 rings (SSSR count). The van der Waals surface area contributed by atoms with Gasteiger partial charge in [0.1, 0.15) is 11.5 Å². The Morgan fingerprint density at radius 3 is 2.72 bits per heavy atom. The molecule has 2 aromatic carbocycles. The van der Waals surface area contributed by atoms with Crippen molar-refractivity contribution in [2.75, 3.05) is 7.11 Å². The molecule has 0 atom stereocenters. The van der Waals surface area contributed by atoms with Crippen molar-refractivity contribution in [3.8, 4) is 22.8 Å². The van der Waals surface area contributed by atoms with E-state index in [1.807, 2.05) is 41.1 Å². The van der Waals surface area contributed by atoms with Gasteiger partial charge in [0.25, 0.3) is 0 Å². The Hall–Kier alpha value is -2.86. The Morgan fingerprint density at radius 1 is 1.10 bits per heavy atom. The van der Waals surface area contributed by atoms with Crippen LogP contribution in [0.4, 0.5) is 0 Å². The molecule has 0 aliphatic heterocycles. The van der Waals surface area contributed by atoms with Crippen molar-refractivity contribution in [2.24, 2.45) is 10.1 Å². The van der Waals surface area contributed by atoms with Crippen molar-refractivity contribution in [3.05, 3.63) is 64.3 Å². The Labute approximate surface area is 174 Å². The third-order valence-electron chi connectivity index (χ3n) is 5.13. The Morgan fingerprint density at radius 2 is 1.93 bits per heavy atom. The van der Waals surface area contributed by atoms with Crippen molar-refractivity contribution in [1.82, 2.24) is 4.68 Å². The van der Waals surface area contributed by atoms with Gasteiger partial charge in [-0.15, -0.1) is 11.3 Å². The van der Waals surface area contributed by atoms with Crippen LogP contribution in [0.15, 0.2) is 64.0 Å². The maximum absolute atomic E-state index is 9.74. The van der Waals surface area contributed by atoms with E-state index in [4.69, 9.17) is 14.8 Å². The molecule has 1 aromatic heterocycles. The van der Waals surface area contributed by atoms with Gasteiger partial charge < -0.3 is 9.84 Å². The largest absolute Gasteiger partial charge is 0.508 e. The van der Waals surface area contributed by atoms with Gasteiger partial charge in [-0.05, 0) is 42.7 Å². The van der Waals surface area contributed by atoms with Crippen LogP contribution < -0.4 is 9.54 Å². The molecule has 3 aromatic rings. The lowest BCUT2D eigenvalue weighted by molar-refractivity contribution is 0.416. The molecule has 29 heavy (non-hydrogen) atoms. The zero-order valence-corrected chi connectivity index (χ0v) is 17.3. The van der Waals surface area contributed by atoms with Crippen LogP contribution in [0.3, 0.4) is 0 Å². The normalized spacial score (nSPS) is 15.8. The first-order valence-electron chi connectivity index (χ1n) is 9.96. The summed E-state index contributed by atoms with van der Waals surface area (Å²) in [6.45, 7) is 0. The maximum atomic E-state index is 9.74. The number of benzene rings is 2. The van der Waals surface area contributed by atoms with Gasteiger partial charge in [0.2, 0.25) is 4.80 Å². The van der Waals surface area contributed by atoms with Gasteiger partial charge in [0.15, 0.2) is 0 Å². The number of aromatic nitrogens is 1. The first-order valence-corrected chi connectivity index (χ1v) is 10.8. The first-order chi connectivity index (χ1) is 14.2. The zero-order chi connectivity index (χ0) is 20.1. The molecule has 1 saturated carbocycles. The van der Waals surface area contributed by atoms with Gasteiger partial charge in [-0.3, -0.25) is 4.99 Å². The van der Waals surface area contributed by atoms with Crippen LogP contribution in [0.25, 0.3) is 11.3 Å². The number of para-hydroxylation sites is 1. The molecular formula is C23H25N3O2S. The topological polar surface area (TPSA) is 59.1 Å². The fourth-order valence-electron chi connectivity index (χ4n) is 3.64. The summed E-state index contributed by atoms with van der Waals surface area (Å²) in [5, 5.41) is 16.6. The highest BCUT2D eigenvalue weighted by Gasteiger charge is 2.15. The van der Waals surface area contributed by atoms with E-state index < -0.39 is 0 Å². The third-order valence-corrected chi connectivity index (χ3v) is 5.96. The number of ether oxygens (including phenoxy) is 1. The number of aromatic hydroxyl groups is 1. The predicted molar refractivity (Wildman–Crippen MR) is 118 cm³/mol. The van der Waals surface area contributed by atoms with E-state index in [9.17, 15) is 5.11 Å². The van der Waals surface area contributed by atoms with Crippen molar-refractivity contribution in [1.29, 1.82) is 0 Å². The number of methoxy groups -OCH3 is 1. The zero-order valence-electron chi connectivity index (χ0n) is 16.5. The highest BCUT2D eigenvalue weighted by Crippen LogP contribution is 2.30. The Balaban J connectivity index is 1.80. The SMILES string of the molecule is COc1ccccc1-c1csc(=NC2CCCCC2)n1N=Cc1cccc(O)c1. The van der Waals surface area contributed by atoms with Crippen LogP contribution >= 0.6 is 11.3 Å². The number of rotatable bonds is 5. The lowest BCUT2D eigenvalue weighted by atomic mass is 9.96. The van der Waals surface area contributed by atoms with Crippen molar-refractivity contribution in [3.63, 3.8) is 0 Å². The summed E-state index contributed by atoms with van der Waals surface area (Å²) in [4.78, 5) is 5.91. The van der Waals surface area contributed by atoms with Crippen LogP contribution in [0.1, 0.15) is 37.7 Å². The molecule has 1 N–H and O–H groups in total. The molecule has 1 heterocycles. The van der Waals surface area contributed by atoms with E-state index in [-0.39, 0.29) is 5.75 Å². The molecular weight excluding hydrogens is 382 g/mol. The second kappa shape index (κ2) is 9.09. The van der Waals surface area contributed by atoms with Crippen LogP contribution in [0.5, 0.6) is 11.5 Å². The minimum Gasteiger partial charge on any atom is -0.508 e. The van der Waals surface area contributed by atoms with Crippen LogP contribution in [0, 0.1) is 0 Å². The van der Waals surface area contributed by atoms with Gasteiger partial charge in [-0.2, -0.15) is 5.10 Å². The monoisotopic (exact) mass is 407 g/mol. The summed E-state index contributed by atoms with van der Waals surface area (Å²) in [6, 6.07) is 15.4. The highest BCUT2D eigenvalue weighted by molar-refractivity contribution is 7.07. The fourth-order valence-corrected chi connectivity index (χ4v) is 4.54. The van der Waals surface area contributed by atoms with E-state index in [1.54, 1.807) is 36.8 Å². The van der Waals surface area contributed by atoms with Gasteiger partial charge in [0, 0.05) is 10.9 Å². The van der Waals surface area contributed by atoms with Gasteiger partial charge in [0.05, 0.1) is 25.1 Å². The summed E-state index contributed by atoms with van der Waals surface area (Å²) in [5.74, 6) is 1.03. The maximum Gasteiger partial charge on any atom is 0.206 e. The average molecular weight is 408 g/mol. The number of phenolic OH excluding ortho intramolecular Hbond substituents is 1. The quantitative estimate of drug-likeness (QED) is 0.602. The molecule has 0 amide bonds. The van der Waals surface area contributed by atoms with Gasteiger partial charge in [-0.1, -0.05) is 43.5 Å². The van der Waals surface area contributed by atoms with Crippen LogP contribution in [-0.2, 0) is 0 Å². The Bertz CT molecular complexity index is 1060. The lowest BCUT2D eigenvalue weighted by Gasteiger charge is -2.17. The summed E-state index contributed by atoms with van der Waals surface area (Å²) in [6.07, 6.45) is 7.82. The lowest BCUT2D eigenvalue weighted by Crippen LogP contribution is -2.19. The van der Waals surface area contributed by atoms with E-state index >= 15 is 0 Å². The average Bonchev–Trinajstić information content (AvgIpc) is 3.15. The van der Waals surface area contributed by atoms with Gasteiger partial charge >= 0.3 is 0 Å². The first kappa shape index (κ1) is 19.5. The number of nitrogens with zero attached hydrogens (tertiary/aromatic N) is 3. The summed E-state index contributed by atoms with van der Waals surface area (Å²) in [7, 11) is 1.68. The third kappa shape index (κ3) is 4.59. The summed E-state index contributed by atoms with van der Waals surface area (Å²) >= 11 is 1.60. The van der Waals surface area contributed by atoms with Gasteiger partial charge in [-0.25, -0.2) is 4.68 Å². The van der Waals surface area contributed by atoms with Crippen molar-refractivity contribution >= 4 is 17.6 Å². The second-order valence-corrected chi connectivity index (χ2v) is 8.01. The molecule has 0 saturated heterocycles. The van der Waals surface area contributed by atoms with E-state index in [0.717, 1.165) is 40.2 Å². The molecule has 0 radical (unpaired) electrons. The molecule has 6 heteroatoms. The molecule has 0 unspecified atom stereocenters. The second-order valence-electron chi connectivity index (χ2n) is 7.18. The van der Waals surface area contributed by atoms with E-state index in [0.29, 0.717) is 6.04 Å². The smallest absolute Gasteiger partial charge is 0.206 e. The number of phenols is 1. The number of hydrogen-bond acceptors (Lipinski definition) is 5. The number of thiazole rings is 1. The summed E-state index contributed by atoms with van der Waals surface area (Å²) in [5.41, 5.74) is 2.75. The number of hydrogen-bond donors (Lipinski definition) is 1. The van der Waals surface area contributed by atoms with Crippen molar-refractivity contribution < 1.29 is 9.84 Å². The fraction of sp³-hybridized carbons (Fsp3) is 0.304. The Kier molecular flexibility index (Phi) is 6.10. The predicted octanol–water partition coefficient (Wildman–Crippen LogP) is 5.05. The van der Waals surface area contributed by atoms with E-state index in [2.05, 4.69) is 5.38 Å². The molecule has 0 spiro atoms. The minimum absolute atomic E-state index is 0.223. The molecule has 1 aliphatic carbocycles. The van der Waals surface area contributed by atoms with E-state index in [1.165, 1.54) is 19.3 Å². The molecule has 0 bridgehead atoms. The summed E-state index contributed by atoms with van der Waals surface area (Å²) < 4.78 is 7.46. The molecule has 150 valence electrons. The molecule has 1 fully saturated rings. The standard InChI is InChI=1S/C23H25N3O2S/c1-28-22-13-6-5-12-20(22)21-16-29-23(25-18-9-3-2-4-10-18)26(21)24-15-17-8-7-11-19(27)14-17/h5-8,11-16,18,27H,2-4,9-10H2,1H3. The highest BCUT2D eigenvalue weighted by atomic mass is 32.1. The van der Waals surface area contributed by atoms with Crippen LogP contribution in [-0.4, -0.2) is 29.1 Å². The molecule has 5 nitrogen and oxygen atoms in total. The molecule has 1 aliphatic rings.